The van der Waals surface area contributed by atoms with Gasteiger partial charge in [-0.15, -0.1) is 0 Å². The maximum absolute atomic E-state index is 15.2. The number of piperidine rings is 2. The lowest BCUT2D eigenvalue weighted by atomic mass is 9.89. The Morgan fingerprint density at radius 3 is 2.53 bits per heavy atom. The van der Waals surface area contributed by atoms with E-state index < -0.39 is 11.7 Å². The number of carbonyl (C=O) groups excluding carboxylic acids is 3. The van der Waals surface area contributed by atoms with E-state index in [2.05, 4.69) is 73.2 Å². The molecule has 0 aliphatic carbocycles. The molecule has 2 aromatic carbocycles. The molecule has 59 heavy (non-hydrogen) atoms. The summed E-state index contributed by atoms with van der Waals surface area (Å²) in [4.78, 5) is 62.5. The molecule has 2 aromatic heterocycles. The SMILES string of the molecule is C[C@@H]1Cc2c([nH]c3ccccc23)[C@@H](c2cnc(N3CCC(CCCN4C[C@H]5C[C@@H]4CN5c4ccc5c(c4)CN(C4CCC(=O)NC4=O)C5=O)CC3)cn2)N1CC(C)(C)F. The average Bonchev–Trinajstić information content (AvgIpc) is 4.00. The van der Waals surface area contributed by atoms with Gasteiger partial charge in [-0.25, -0.2) is 9.37 Å². The normalized spacial score (nSPS) is 26.6. The number of imide groups is 1. The van der Waals surface area contributed by atoms with Crippen LogP contribution in [0.1, 0.15) is 105 Å². The molecule has 8 heterocycles. The van der Waals surface area contributed by atoms with E-state index in [-0.39, 0.29) is 36.2 Å². The number of halogens is 1. The molecule has 5 atom stereocenters. The van der Waals surface area contributed by atoms with Gasteiger partial charge in [-0.05, 0) is 114 Å². The second-order valence-electron chi connectivity index (χ2n) is 18.7. The lowest BCUT2D eigenvalue weighted by Gasteiger charge is -2.42. The molecule has 3 amide bonds. The summed E-state index contributed by atoms with van der Waals surface area (Å²) in [5.41, 5.74) is 5.83. The Hall–Kier alpha value is -4.88. The van der Waals surface area contributed by atoms with E-state index in [0.717, 1.165) is 86.0 Å². The molecule has 4 fully saturated rings. The molecule has 4 saturated heterocycles. The third-order valence-electron chi connectivity index (χ3n) is 14.2. The van der Waals surface area contributed by atoms with Gasteiger partial charge >= 0.3 is 0 Å². The number of rotatable bonds is 10. The predicted octanol–water partition coefficient (Wildman–Crippen LogP) is 5.76. The molecular formula is C46H56FN9O3. The molecule has 0 spiro atoms. The highest BCUT2D eigenvalue weighted by molar-refractivity contribution is 6.05. The number of anilines is 2. The van der Waals surface area contributed by atoms with E-state index in [9.17, 15) is 14.4 Å². The van der Waals surface area contributed by atoms with Crippen molar-refractivity contribution in [1.29, 1.82) is 0 Å². The molecule has 4 aromatic rings. The Bertz CT molecular complexity index is 2260. The van der Waals surface area contributed by atoms with Gasteiger partial charge in [0, 0.05) is 91.7 Å². The highest BCUT2D eigenvalue weighted by Gasteiger charge is 2.45. The first kappa shape index (κ1) is 38.3. The standard InChI is InChI=1S/C46H56FN9O3/c1-28-19-36-35-8-4-5-9-37(35)50-42(36)43(56(28)27-46(2,3)47)38-22-49-40(23-48-38)52-17-14-29(15-18-52)7-6-16-53-25-33-21-32(53)26-54(33)31-10-11-34-30(20-31)24-55(45(34)59)39-12-13-41(57)51-44(39)58/h4-5,8-11,20,22-23,28-29,32-33,39,43,50H,6-7,12-19,21,24-27H2,1-3H3,(H,51,57,58)/t28-,32-,33-,39?,43-/m1/s1. The van der Waals surface area contributed by atoms with Crippen LogP contribution in [0.15, 0.2) is 54.9 Å². The number of hydrogen-bond acceptors (Lipinski definition) is 9. The van der Waals surface area contributed by atoms with Crippen LogP contribution in [0, 0.1) is 5.92 Å². The average molecular weight is 802 g/mol. The molecule has 2 N–H and O–H groups in total. The molecular weight excluding hydrogens is 746 g/mol. The Morgan fingerprint density at radius 1 is 0.949 bits per heavy atom. The van der Waals surface area contributed by atoms with Gasteiger partial charge in [0.05, 0.1) is 24.1 Å². The van der Waals surface area contributed by atoms with Crippen LogP contribution in [0.2, 0.25) is 0 Å². The van der Waals surface area contributed by atoms with Crippen LogP contribution >= 0.6 is 0 Å². The molecule has 12 nitrogen and oxygen atoms in total. The lowest BCUT2D eigenvalue weighted by molar-refractivity contribution is -0.136. The van der Waals surface area contributed by atoms with E-state index in [1.807, 2.05) is 18.5 Å². The van der Waals surface area contributed by atoms with Crippen LogP contribution in [0.4, 0.5) is 15.9 Å². The second kappa shape index (κ2) is 15.0. The molecule has 2 bridgehead atoms. The van der Waals surface area contributed by atoms with E-state index in [1.165, 1.54) is 30.2 Å². The van der Waals surface area contributed by atoms with Gasteiger partial charge in [0.2, 0.25) is 11.8 Å². The summed E-state index contributed by atoms with van der Waals surface area (Å²) in [6, 6.07) is 15.0. The summed E-state index contributed by atoms with van der Waals surface area (Å²) in [5, 5.41) is 3.63. The number of nitrogens with one attached hydrogen (secondary N) is 2. The molecule has 10 rings (SSSR count). The highest BCUT2D eigenvalue weighted by Crippen LogP contribution is 2.42. The molecule has 6 aliphatic heterocycles. The quantitative estimate of drug-likeness (QED) is 0.193. The van der Waals surface area contributed by atoms with Crippen LogP contribution in [-0.4, -0.2) is 116 Å². The third-order valence-corrected chi connectivity index (χ3v) is 14.2. The van der Waals surface area contributed by atoms with Gasteiger partial charge < -0.3 is 19.7 Å². The van der Waals surface area contributed by atoms with Crippen LogP contribution in [0.5, 0.6) is 0 Å². The van der Waals surface area contributed by atoms with Crippen molar-refractivity contribution in [3.63, 3.8) is 0 Å². The number of piperazine rings is 1. The minimum absolute atomic E-state index is 0.119. The van der Waals surface area contributed by atoms with Crippen LogP contribution in [-0.2, 0) is 22.6 Å². The zero-order valence-corrected chi connectivity index (χ0v) is 34.5. The number of aromatic amines is 1. The van der Waals surface area contributed by atoms with Gasteiger partial charge in [0.25, 0.3) is 5.91 Å². The minimum atomic E-state index is -1.34. The van der Waals surface area contributed by atoms with E-state index in [1.54, 1.807) is 18.7 Å². The smallest absolute Gasteiger partial charge is 0.255 e. The monoisotopic (exact) mass is 801 g/mol. The molecule has 1 unspecified atom stereocenters. The largest absolute Gasteiger partial charge is 0.366 e. The van der Waals surface area contributed by atoms with Gasteiger partial charge in [0.1, 0.15) is 17.5 Å². The van der Waals surface area contributed by atoms with Crippen molar-refractivity contribution in [2.24, 2.45) is 5.92 Å². The fourth-order valence-corrected chi connectivity index (χ4v) is 11.3. The van der Waals surface area contributed by atoms with Crippen LogP contribution in [0.3, 0.4) is 0 Å². The summed E-state index contributed by atoms with van der Waals surface area (Å²) in [6.45, 7) is 11.4. The summed E-state index contributed by atoms with van der Waals surface area (Å²) in [6.07, 6.45) is 11.3. The van der Waals surface area contributed by atoms with Crippen LogP contribution in [0.25, 0.3) is 10.9 Å². The zero-order chi connectivity index (χ0) is 40.6. The van der Waals surface area contributed by atoms with Gasteiger partial charge in [0.15, 0.2) is 0 Å². The summed E-state index contributed by atoms with van der Waals surface area (Å²) < 4.78 is 15.2. The summed E-state index contributed by atoms with van der Waals surface area (Å²) in [5.74, 6) is 0.877. The number of benzene rings is 2. The Balaban J connectivity index is 0.710. The number of amides is 3. The number of H-pyrrole nitrogens is 1. The van der Waals surface area contributed by atoms with E-state index in [0.29, 0.717) is 43.1 Å². The first-order valence-electron chi connectivity index (χ1n) is 21.9. The summed E-state index contributed by atoms with van der Waals surface area (Å²) in [7, 11) is 0. The number of fused-ring (bicyclic) bond motifs is 6. The van der Waals surface area contributed by atoms with Crippen molar-refractivity contribution in [2.45, 2.75) is 115 Å². The van der Waals surface area contributed by atoms with Crippen molar-refractivity contribution in [1.82, 2.24) is 35.0 Å². The van der Waals surface area contributed by atoms with Crippen LogP contribution < -0.4 is 15.1 Å². The Morgan fingerprint density at radius 2 is 1.78 bits per heavy atom. The van der Waals surface area contributed by atoms with Crippen molar-refractivity contribution >= 4 is 40.1 Å². The molecule has 310 valence electrons. The number of para-hydroxylation sites is 1. The van der Waals surface area contributed by atoms with E-state index >= 15 is 4.39 Å². The van der Waals surface area contributed by atoms with Gasteiger partial charge in [-0.2, -0.15) is 0 Å². The van der Waals surface area contributed by atoms with Gasteiger partial charge in [-0.1, -0.05) is 18.2 Å². The highest BCUT2D eigenvalue weighted by atomic mass is 19.1. The van der Waals surface area contributed by atoms with Crippen molar-refractivity contribution < 1.29 is 18.8 Å². The van der Waals surface area contributed by atoms with E-state index in [4.69, 9.17) is 9.97 Å². The topological polar surface area (TPSA) is 121 Å². The van der Waals surface area contributed by atoms with Crippen molar-refractivity contribution in [3.05, 3.63) is 82.9 Å². The second-order valence-corrected chi connectivity index (χ2v) is 18.7. The molecule has 0 radical (unpaired) electrons. The maximum atomic E-state index is 15.2. The number of hydrogen-bond donors (Lipinski definition) is 2. The predicted molar refractivity (Wildman–Crippen MR) is 225 cm³/mol. The zero-order valence-electron chi connectivity index (χ0n) is 34.5. The minimum Gasteiger partial charge on any atom is -0.366 e. The van der Waals surface area contributed by atoms with Gasteiger partial charge in [-0.3, -0.25) is 34.5 Å². The number of carbonyl (C=O) groups is 3. The first-order valence-corrected chi connectivity index (χ1v) is 21.9. The summed E-state index contributed by atoms with van der Waals surface area (Å²) >= 11 is 0. The van der Waals surface area contributed by atoms with Crippen molar-refractivity contribution in [2.75, 3.05) is 49.1 Å². The molecule has 0 saturated carbocycles. The number of likely N-dealkylation sites (tertiary alicyclic amines) is 1. The number of alkyl halides is 1. The number of nitrogens with zero attached hydrogens (tertiary/aromatic N) is 7. The van der Waals surface area contributed by atoms with Crippen molar-refractivity contribution in [3.8, 4) is 0 Å². The maximum Gasteiger partial charge on any atom is 0.255 e. The fourth-order valence-electron chi connectivity index (χ4n) is 11.3. The third kappa shape index (κ3) is 7.17. The lowest BCUT2D eigenvalue weighted by Crippen LogP contribution is -2.52. The number of aromatic nitrogens is 3. The first-order chi connectivity index (χ1) is 28.5. The molecule has 6 aliphatic rings. The molecule has 13 heteroatoms. The Kier molecular flexibility index (Phi) is 9.74. The fraction of sp³-hybridized carbons (Fsp3) is 0.543. The Labute approximate surface area is 345 Å².